The maximum absolute atomic E-state index is 13.9. The summed E-state index contributed by atoms with van der Waals surface area (Å²) in [6.07, 6.45) is -0.110. The molecule has 0 radical (unpaired) electrons. The number of rotatable bonds is 6. The number of carbonyl (C=O) groups excluding carboxylic acids is 2. The molecule has 0 N–H and O–H groups in total. The Bertz CT molecular complexity index is 1190. The second-order valence-corrected chi connectivity index (χ2v) is 7.36. The smallest absolute Gasteiger partial charge is 0.308 e. The van der Waals surface area contributed by atoms with Crippen molar-refractivity contribution in [2.24, 2.45) is 0 Å². The fourth-order valence-electron chi connectivity index (χ4n) is 3.58. The summed E-state index contributed by atoms with van der Waals surface area (Å²) in [7, 11) is 0. The van der Waals surface area contributed by atoms with E-state index in [-0.39, 0.29) is 36.9 Å². The van der Waals surface area contributed by atoms with E-state index in [2.05, 4.69) is 10.3 Å². The number of anilines is 1. The average molecular weight is 439 g/mol. The molecular weight excluding hydrogens is 417 g/mol. The summed E-state index contributed by atoms with van der Waals surface area (Å²) < 4.78 is 20.1. The molecule has 32 heavy (non-hydrogen) atoms. The Hall–Kier alpha value is -3.82. The summed E-state index contributed by atoms with van der Waals surface area (Å²) >= 11 is 0. The van der Waals surface area contributed by atoms with E-state index in [1.807, 2.05) is 4.90 Å². The number of benzene rings is 2. The lowest BCUT2D eigenvalue weighted by Gasteiger charge is -2.36. The molecule has 1 amide bonds. The van der Waals surface area contributed by atoms with Gasteiger partial charge in [0.15, 0.2) is 6.61 Å². The normalized spacial score (nSPS) is 13.9. The van der Waals surface area contributed by atoms with Crippen molar-refractivity contribution in [1.82, 2.24) is 19.9 Å². The van der Waals surface area contributed by atoms with E-state index in [1.165, 1.54) is 6.07 Å². The lowest BCUT2D eigenvalue weighted by atomic mass is 10.2. The van der Waals surface area contributed by atoms with Gasteiger partial charge >= 0.3 is 5.97 Å². The van der Waals surface area contributed by atoms with Crippen molar-refractivity contribution in [1.29, 1.82) is 0 Å². The van der Waals surface area contributed by atoms with Crippen LogP contribution in [0.15, 0.2) is 53.3 Å². The van der Waals surface area contributed by atoms with Gasteiger partial charge in [-0.05, 0) is 24.3 Å². The monoisotopic (exact) mass is 439 g/mol. The van der Waals surface area contributed by atoms with Crippen molar-refractivity contribution in [3.63, 3.8) is 0 Å². The maximum atomic E-state index is 13.9. The van der Waals surface area contributed by atoms with E-state index in [9.17, 15) is 18.8 Å². The molecular formula is C22H22FN5O4. The SMILES string of the molecule is O=C(CCn1nnc2ccccc2c1=O)OCC(=O)N1CCN(c2ccccc2F)CC1. The topological polar surface area (TPSA) is 97.6 Å². The number of fused-ring (bicyclic) bond motifs is 1. The zero-order valence-electron chi connectivity index (χ0n) is 17.3. The number of esters is 1. The molecule has 0 spiro atoms. The number of aryl methyl sites for hydroxylation is 1. The zero-order valence-corrected chi connectivity index (χ0v) is 17.3. The van der Waals surface area contributed by atoms with E-state index < -0.39 is 5.97 Å². The summed E-state index contributed by atoms with van der Waals surface area (Å²) in [4.78, 5) is 40.3. The molecule has 0 unspecified atom stereocenters. The molecule has 1 saturated heterocycles. The van der Waals surface area contributed by atoms with Crippen molar-refractivity contribution in [3.8, 4) is 0 Å². The standard InChI is InChI=1S/C22H22FN5O4/c23-17-6-2-4-8-19(17)26-11-13-27(14-12-26)20(29)15-32-21(30)9-10-28-22(31)16-5-1-3-7-18(16)24-25-28/h1-8H,9-15H2. The molecule has 4 rings (SSSR count). The van der Waals surface area contributed by atoms with E-state index in [1.54, 1.807) is 47.4 Å². The molecule has 10 heteroatoms. The summed E-state index contributed by atoms with van der Waals surface area (Å²) in [5.41, 5.74) is 0.655. The van der Waals surface area contributed by atoms with Gasteiger partial charge in [0.05, 0.1) is 24.0 Å². The molecule has 1 fully saturated rings. The number of hydrogen-bond acceptors (Lipinski definition) is 7. The molecule has 3 aromatic rings. The summed E-state index contributed by atoms with van der Waals surface area (Å²) in [5, 5.41) is 8.20. The molecule has 2 heterocycles. The Morgan fingerprint density at radius 1 is 1.00 bits per heavy atom. The second-order valence-electron chi connectivity index (χ2n) is 7.36. The van der Waals surface area contributed by atoms with Gasteiger partial charge in [-0.2, -0.15) is 0 Å². The zero-order chi connectivity index (χ0) is 22.5. The Morgan fingerprint density at radius 2 is 1.72 bits per heavy atom. The van der Waals surface area contributed by atoms with Crippen LogP contribution in [-0.4, -0.2) is 64.6 Å². The van der Waals surface area contributed by atoms with Crippen LogP contribution in [0.25, 0.3) is 10.9 Å². The minimum atomic E-state index is -0.606. The highest BCUT2D eigenvalue weighted by atomic mass is 19.1. The van der Waals surface area contributed by atoms with Gasteiger partial charge in [0.2, 0.25) is 0 Å². The number of piperazine rings is 1. The number of aromatic nitrogens is 3. The summed E-state index contributed by atoms with van der Waals surface area (Å²) in [6.45, 7) is 1.43. The Morgan fingerprint density at radius 3 is 2.50 bits per heavy atom. The number of ether oxygens (including phenoxy) is 1. The number of halogens is 1. The number of nitrogens with zero attached hydrogens (tertiary/aromatic N) is 5. The molecule has 1 aromatic heterocycles. The molecule has 2 aromatic carbocycles. The van der Waals surface area contributed by atoms with Crippen molar-refractivity contribution in [3.05, 3.63) is 64.7 Å². The van der Waals surface area contributed by atoms with Gasteiger partial charge in [-0.25, -0.2) is 9.07 Å². The third kappa shape index (κ3) is 4.74. The molecule has 0 aliphatic carbocycles. The molecule has 9 nitrogen and oxygen atoms in total. The van der Waals surface area contributed by atoms with Gasteiger partial charge in [0.25, 0.3) is 11.5 Å². The van der Waals surface area contributed by atoms with Gasteiger partial charge in [0.1, 0.15) is 11.3 Å². The third-order valence-electron chi connectivity index (χ3n) is 5.34. The van der Waals surface area contributed by atoms with Crippen LogP contribution in [-0.2, 0) is 20.9 Å². The maximum Gasteiger partial charge on any atom is 0.308 e. The van der Waals surface area contributed by atoms with Gasteiger partial charge in [-0.1, -0.05) is 29.5 Å². The van der Waals surface area contributed by atoms with Crippen molar-refractivity contribution < 1.29 is 18.7 Å². The second kappa shape index (κ2) is 9.54. The van der Waals surface area contributed by atoms with Gasteiger partial charge in [0, 0.05) is 26.2 Å². The molecule has 1 aliphatic rings. The lowest BCUT2D eigenvalue weighted by Crippen LogP contribution is -2.50. The first-order valence-corrected chi connectivity index (χ1v) is 10.3. The fraction of sp³-hybridized carbons (Fsp3) is 0.318. The van der Waals surface area contributed by atoms with Gasteiger partial charge in [-0.3, -0.25) is 14.4 Å². The van der Waals surface area contributed by atoms with E-state index in [0.717, 1.165) is 4.68 Å². The molecule has 166 valence electrons. The summed E-state index contributed by atoms with van der Waals surface area (Å²) in [6, 6.07) is 13.3. The Labute approximate surface area is 183 Å². The largest absolute Gasteiger partial charge is 0.456 e. The Balaban J connectivity index is 1.23. The van der Waals surface area contributed by atoms with Crippen LogP contribution >= 0.6 is 0 Å². The van der Waals surface area contributed by atoms with Crippen molar-refractivity contribution in [2.45, 2.75) is 13.0 Å². The van der Waals surface area contributed by atoms with Crippen LogP contribution in [0, 0.1) is 5.82 Å². The Kier molecular flexibility index (Phi) is 6.39. The lowest BCUT2D eigenvalue weighted by molar-refractivity contribution is -0.152. The number of carbonyl (C=O) groups is 2. The first kappa shape index (κ1) is 21.4. The van der Waals surface area contributed by atoms with E-state index in [4.69, 9.17) is 4.74 Å². The van der Waals surface area contributed by atoms with E-state index in [0.29, 0.717) is 42.8 Å². The highest BCUT2D eigenvalue weighted by molar-refractivity contribution is 5.81. The van der Waals surface area contributed by atoms with Crippen molar-refractivity contribution >= 4 is 28.5 Å². The predicted molar refractivity (Wildman–Crippen MR) is 115 cm³/mol. The minimum absolute atomic E-state index is 0.00497. The third-order valence-corrected chi connectivity index (χ3v) is 5.34. The first-order chi connectivity index (χ1) is 15.5. The average Bonchev–Trinajstić information content (AvgIpc) is 2.83. The summed E-state index contributed by atoms with van der Waals surface area (Å²) in [5.74, 6) is -1.21. The van der Waals surface area contributed by atoms with Crippen molar-refractivity contribution in [2.75, 3.05) is 37.7 Å². The predicted octanol–water partition coefficient (Wildman–Crippen LogP) is 1.21. The first-order valence-electron chi connectivity index (χ1n) is 10.3. The highest BCUT2D eigenvalue weighted by Gasteiger charge is 2.23. The van der Waals surface area contributed by atoms with Gasteiger partial charge < -0.3 is 14.5 Å². The minimum Gasteiger partial charge on any atom is -0.456 e. The quantitative estimate of drug-likeness (QED) is 0.533. The van der Waals surface area contributed by atoms with Gasteiger partial charge in [-0.15, -0.1) is 5.10 Å². The van der Waals surface area contributed by atoms with Crippen LogP contribution < -0.4 is 10.5 Å². The van der Waals surface area contributed by atoms with Crippen LogP contribution in [0.2, 0.25) is 0 Å². The molecule has 0 bridgehead atoms. The van der Waals surface area contributed by atoms with Crippen LogP contribution in [0.4, 0.5) is 10.1 Å². The highest BCUT2D eigenvalue weighted by Crippen LogP contribution is 2.20. The number of para-hydroxylation sites is 1. The molecule has 1 aliphatic heterocycles. The number of hydrogen-bond donors (Lipinski definition) is 0. The fourth-order valence-corrected chi connectivity index (χ4v) is 3.58. The van der Waals surface area contributed by atoms with Crippen LogP contribution in [0.5, 0.6) is 0 Å². The molecule has 0 atom stereocenters. The number of amides is 1. The van der Waals surface area contributed by atoms with Crippen LogP contribution in [0.3, 0.4) is 0 Å². The molecule has 0 saturated carbocycles. The van der Waals surface area contributed by atoms with Crippen LogP contribution in [0.1, 0.15) is 6.42 Å². The van der Waals surface area contributed by atoms with E-state index >= 15 is 0 Å².